The molecule has 1 N–H and O–H groups in total. The summed E-state index contributed by atoms with van der Waals surface area (Å²) in [6, 6.07) is 6.44. The van der Waals surface area contributed by atoms with Gasteiger partial charge in [-0.3, -0.25) is 0 Å². The molecule has 110 valence electrons. The minimum absolute atomic E-state index is 0. The second-order valence-corrected chi connectivity index (χ2v) is 6.50. The first-order valence-electron chi connectivity index (χ1n) is 7.08. The van der Waals surface area contributed by atoms with Crippen molar-refractivity contribution in [3.8, 4) is 0 Å². The Morgan fingerprint density at radius 3 is 2.40 bits per heavy atom. The van der Waals surface area contributed by atoms with Crippen LogP contribution in [0.2, 0.25) is 0 Å². The van der Waals surface area contributed by atoms with Gasteiger partial charge in [0.2, 0.25) is 0 Å². The van der Waals surface area contributed by atoms with E-state index in [-0.39, 0.29) is 30.7 Å². The van der Waals surface area contributed by atoms with E-state index in [1.54, 1.807) is 0 Å². The van der Waals surface area contributed by atoms with Crippen LogP contribution in [-0.2, 0) is 22.3 Å². The molecule has 2 aliphatic rings. The predicted molar refractivity (Wildman–Crippen MR) is 84.8 cm³/mol. The van der Waals surface area contributed by atoms with Crippen molar-refractivity contribution in [2.45, 2.75) is 51.9 Å². The smallest absolute Gasteiger partial charge is 0.399 e. The first-order valence-corrected chi connectivity index (χ1v) is 7.08. The number of hydrogen-bond acceptors (Lipinski definition) is 3. The zero-order valence-electron chi connectivity index (χ0n) is 12.7. The van der Waals surface area contributed by atoms with Gasteiger partial charge in [0.25, 0.3) is 0 Å². The Morgan fingerprint density at radius 1 is 1.10 bits per heavy atom. The van der Waals surface area contributed by atoms with Crippen LogP contribution in [0.15, 0.2) is 18.2 Å². The molecule has 0 spiro atoms. The monoisotopic (exact) mass is 295 g/mol. The number of benzene rings is 1. The second kappa shape index (κ2) is 5.34. The lowest BCUT2D eigenvalue weighted by Gasteiger charge is -2.32. The van der Waals surface area contributed by atoms with E-state index in [9.17, 15) is 0 Å². The van der Waals surface area contributed by atoms with Gasteiger partial charge in [0.05, 0.1) is 11.2 Å². The maximum atomic E-state index is 6.17. The molecule has 0 unspecified atom stereocenters. The molecule has 1 aromatic carbocycles. The van der Waals surface area contributed by atoms with Gasteiger partial charge in [0, 0.05) is 6.54 Å². The van der Waals surface area contributed by atoms with Crippen molar-refractivity contribution in [2.24, 2.45) is 0 Å². The number of nitrogens with one attached hydrogen (secondary N) is 1. The molecule has 0 amide bonds. The fourth-order valence-corrected chi connectivity index (χ4v) is 2.75. The summed E-state index contributed by atoms with van der Waals surface area (Å²) >= 11 is 0. The Hall–Kier alpha value is -0.545. The highest BCUT2D eigenvalue weighted by Crippen LogP contribution is 2.36. The lowest BCUT2D eigenvalue weighted by molar-refractivity contribution is 0.00578. The topological polar surface area (TPSA) is 30.5 Å². The average molecular weight is 296 g/mol. The first-order chi connectivity index (χ1) is 8.91. The van der Waals surface area contributed by atoms with Gasteiger partial charge < -0.3 is 14.6 Å². The molecule has 1 saturated heterocycles. The third-order valence-electron chi connectivity index (χ3n) is 4.68. The van der Waals surface area contributed by atoms with Gasteiger partial charge in [-0.25, -0.2) is 0 Å². The molecular weight excluding hydrogens is 272 g/mol. The van der Waals surface area contributed by atoms with Crippen molar-refractivity contribution in [1.82, 2.24) is 5.32 Å². The van der Waals surface area contributed by atoms with Crippen molar-refractivity contribution < 1.29 is 9.31 Å². The van der Waals surface area contributed by atoms with Crippen LogP contribution >= 0.6 is 12.4 Å². The van der Waals surface area contributed by atoms with Crippen LogP contribution in [0.1, 0.15) is 38.8 Å². The quantitative estimate of drug-likeness (QED) is 0.805. The Morgan fingerprint density at radius 2 is 1.75 bits per heavy atom. The average Bonchev–Trinajstić information content (AvgIpc) is 2.58. The van der Waals surface area contributed by atoms with Gasteiger partial charge in [0.1, 0.15) is 0 Å². The van der Waals surface area contributed by atoms with E-state index in [0.717, 1.165) is 19.5 Å². The van der Waals surface area contributed by atoms with E-state index in [1.165, 1.54) is 16.6 Å². The van der Waals surface area contributed by atoms with Gasteiger partial charge in [-0.15, -0.1) is 12.4 Å². The van der Waals surface area contributed by atoms with Crippen LogP contribution < -0.4 is 10.8 Å². The summed E-state index contributed by atoms with van der Waals surface area (Å²) in [6.45, 7) is 10.4. The van der Waals surface area contributed by atoms with Crippen LogP contribution in [0.25, 0.3) is 0 Å². The van der Waals surface area contributed by atoms with E-state index in [0.29, 0.717) is 0 Å². The van der Waals surface area contributed by atoms with E-state index >= 15 is 0 Å². The third-order valence-corrected chi connectivity index (χ3v) is 4.68. The molecule has 0 atom stereocenters. The van der Waals surface area contributed by atoms with Crippen LogP contribution in [0, 0.1) is 0 Å². The lowest BCUT2D eigenvalue weighted by atomic mass is 9.73. The molecule has 0 radical (unpaired) electrons. The summed E-state index contributed by atoms with van der Waals surface area (Å²) in [6.07, 6.45) is 1.05. The minimum Gasteiger partial charge on any atom is -0.399 e. The van der Waals surface area contributed by atoms with Gasteiger partial charge in [-0.1, -0.05) is 18.2 Å². The van der Waals surface area contributed by atoms with Gasteiger partial charge in [0.15, 0.2) is 0 Å². The van der Waals surface area contributed by atoms with Gasteiger partial charge >= 0.3 is 7.12 Å². The number of rotatable bonds is 1. The molecule has 2 aliphatic heterocycles. The molecule has 1 aromatic rings. The number of halogens is 1. The summed E-state index contributed by atoms with van der Waals surface area (Å²) in [4.78, 5) is 0. The maximum absolute atomic E-state index is 6.17. The van der Waals surface area contributed by atoms with E-state index in [2.05, 4.69) is 51.2 Å². The summed E-state index contributed by atoms with van der Waals surface area (Å²) < 4.78 is 12.3. The van der Waals surface area contributed by atoms with Crippen LogP contribution in [0.5, 0.6) is 0 Å². The fourth-order valence-electron chi connectivity index (χ4n) is 2.75. The standard InChI is InChI=1S/C15H22BNO2.ClH/c1-14(2)15(3,4)19-16(18-14)13-7-5-6-11-10-17-9-8-12(11)13;/h5-7,17H,8-10H2,1-4H3;1H. The zero-order valence-corrected chi connectivity index (χ0v) is 13.5. The lowest BCUT2D eigenvalue weighted by Crippen LogP contribution is -2.41. The Labute approximate surface area is 128 Å². The molecule has 3 rings (SSSR count). The minimum atomic E-state index is -0.271. The molecule has 2 heterocycles. The molecule has 0 aromatic heterocycles. The summed E-state index contributed by atoms with van der Waals surface area (Å²) in [5, 5.41) is 3.41. The molecule has 1 fully saturated rings. The summed E-state index contributed by atoms with van der Waals surface area (Å²) in [5.41, 5.74) is 3.44. The van der Waals surface area contributed by atoms with Crippen molar-refractivity contribution in [3.63, 3.8) is 0 Å². The zero-order chi connectivity index (χ0) is 13.7. The van der Waals surface area contributed by atoms with Crippen molar-refractivity contribution in [1.29, 1.82) is 0 Å². The maximum Gasteiger partial charge on any atom is 0.495 e. The highest BCUT2D eigenvalue weighted by Gasteiger charge is 2.52. The SMILES string of the molecule is CC1(C)OB(c2cccc3c2CCNC3)OC1(C)C.Cl. The van der Waals surface area contributed by atoms with Crippen LogP contribution in [0.3, 0.4) is 0 Å². The predicted octanol–water partition coefficient (Wildman–Crippen LogP) is 2.05. The van der Waals surface area contributed by atoms with Gasteiger partial charge in [-0.2, -0.15) is 0 Å². The normalized spacial score (nSPS) is 23.1. The van der Waals surface area contributed by atoms with Crippen molar-refractivity contribution in [2.75, 3.05) is 6.54 Å². The van der Waals surface area contributed by atoms with E-state index in [1.807, 2.05) is 0 Å². The molecule has 3 nitrogen and oxygen atoms in total. The highest BCUT2D eigenvalue weighted by atomic mass is 35.5. The first kappa shape index (κ1) is 15.8. The highest BCUT2D eigenvalue weighted by molar-refractivity contribution is 6.62. The summed E-state index contributed by atoms with van der Waals surface area (Å²) in [5.74, 6) is 0. The largest absolute Gasteiger partial charge is 0.495 e. The van der Waals surface area contributed by atoms with Gasteiger partial charge in [-0.05, 0) is 57.3 Å². The Balaban J connectivity index is 0.00000147. The molecule has 0 bridgehead atoms. The van der Waals surface area contributed by atoms with E-state index in [4.69, 9.17) is 9.31 Å². The van der Waals surface area contributed by atoms with Crippen molar-refractivity contribution >= 4 is 25.0 Å². The second-order valence-electron chi connectivity index (χ2n) is 6.50. The Bertz CT molecular complexity index is 489. The summed E-state index contributed by atoms with van der Waals surface area (Å²) in [7, 11) is -0.238. The molecule has 20 heavy (non-hydrogen) atoms. The number of hydrogen-bond donors (Lipinski definition) is 1. The number of fused-ring (bicyclic) bond motifs is 1. The molecule has 0 saturated carbocycles. The Kier molecular flexibility index (Phi) is 4.23. The van der Waals surface area contributed by atoms with Crippen LogP contribution in [-0.4, -0.2) is 24.9 Å². The third kappa shape index (κ3) is 2.50. The van der Waals surface area contributed by atoms with Crippen molar-refractivity contribution in [3.05, 3.63) is 29.3 Å². The fraction of sp³-hybridized carbons (Fsp3) is 0.600. The molecule has 0 aliphatic carbocycles. The van der Waals surface area contributed by atoms with E-state index < -0.39 is 0 Å². The molecule has 5 heteroatoms. The molecular formula is C15H23BClNO2. The van der Waals surface area contributed by atoms with Crippen LogP contribution in [0.4, 0.5) is 0 Å².